The summed E-state index contributed by atoms with van der Waals surface area (Å²) in [5, 5.41) is 9.26. The van der Waals surface area contributed by atoms with Crippen LogP contribution in [0, 0.1) is 0 Å². The van der Waals surface area contributed by atoms with Gasteiger partial charge in [0.1, 0.15) is 12.6 Å². The largest absolute Gasteiger partial charge is 0.479 e. The molecule has 3 N–H and O–H groups in total. The number of hydrogen-bond acceptors (Lipinski definition) is 5. The highest BCUT2D eigenvalue weighted by Crippen LogP contribution is 2.10. The van der Waals surface area contributed by atoms with Crippen LogP contribution in [0.25, 0.3) is 0 Å². The fourth-order valence-electron chi connectivity index (χ4n) is 2.17. The molecule has 0 heterocycles. The van der Waals surface area contributed by atoms with E-state index in [1.54, 1.807) is 0 Å². The van der Waals surface area contributed by atoms with Gasteiger partial charge in [0, 0.05) is 6.42 Å². The number of carboxylic acids is 1. The first-order chi connectivity index (χ1) is 12.1. The van der Waals surface area contributed by atoms with Gasteiger partial charge in [-0.1, -0.05) is 60.7 Å². The van der Waals surface area contributed by atoms with Gasteiger partial charge in [-0.2, -0.15) is 0 Å². The monoisotopic (exact) mass is 343 g/mol. The molecule has 2 aromatic rings. The third kappa shape index (κ3) is 6.37. The number of nitrogens with two attached hydrogens (primary N) is 1. The second kappa shape index (κ2) is 9.56. The van der Waals surface area contributed by atoms with Crippen molar-refractivity contribution in [2.45, 2.75) is 31.8 Å². The lowest BCUT2D eigenvalue weighted by molar-refractivity contribution is -0.154. The van der Waals surface area contributed by atoms with Gasteiger partial charge in [-0.15, -0.1) is 0 Å². The fourth-order valence-corrected chi connectivity index (χ4v) is 2.17. The van der Waals surface area contributed by atoms with Crippen molar-refractivity contribution >= 4 is 11.9 Å². The van der Waals surface area contributed by atoms with E-state index in [0.29, 0.717) is 0 Å². The summed E-state index contributed by atoms with van der Waals surface area (Å²) in [5.74, 6) is -1.82. The highest BCUT2D eigenvalue weighted by atomic mass is 16.5. The van der Waals surface area contributed by atoms with Crippen molar-refractivity contribution < 1.29 is 24.2 Å². The van der Waals surface area contributed by atoms with Crippen LogP contribution in [0.2, 0.25) is 0 Å². The van der Waals surface area contributed by atoms with Gasteiger partial charge in [0.15, 0.2) is 6.10 Å². The molecule has 6 heteroatoms. The van der Waals surface area contributed by atoms with Crippen LogP contribution in [-0.2, 0) is 32.3 Å². The van der Waals surface area contributed by atoms with Crippen LogP contribution < -0.4 is 5.73 Å². The predicted molar refractivity (Wildman–Crippen MR) is 91.5 cm³/mol. The highest BCUT2D eigenvalue weighted by Gasteiger charge is 2.26. The minimum Gasteiger partial charge on any atom is -0.479 e. The number of rotatable bonds is 9. The van der Waals surface area contributed by atoms with Crippen LogP contribution in [-0.4, -0.2) is 29.2 Å². The summed E-state index contributed by atoms with van der Waals surface area (Å²) in [6, 6.07) is 17.3. The number of carboxylic acid groups (broad SMARTS) is 1. The Morgan fingerprint density at radius 2 is 1.44 bits per heavy atom. The van der Waals surface area contributed by atoms with Crippen molar-refractivity contribution in [1.29, 1.82) is 0 Å². The van der Waals surface area contributed by atoms with E-state index in [-0.39, 0.29) is 19.6 Å². The maximum Gasteiger partial charge on any atom is 0.332 e. The van der Waals surface area contributed by atoms with E-state index in [1.165, 1.54) is 0 Å². The van der Waals surface area contributed by atoms with Gasteiger partial charge in [-0.25, -0.2) is 4.79 Å². The predicted octanol–water partition coefficient (Wildman–Crippen LogP) is 2.12. The standard InChI is InChI=1S/C19H21NO5/c20-16(19(23)25-13-15-9-5-2-6-10-15)11-17(18(21)22)24-12-14-7-3-1-4-8-14/h1-10,16-17H,11-13,20H2,(H,21,22). The Hall–Kier alpha value is -2.70. The van der Waals surface area contributed by atoms with Gasteiger partial charge < -0.3 is 20.3 Å². The summed E-state index contributed by atoms with van der Waals surface area (Å²) in [6.45, 7) is 0.222. The fraction of sp³-hybridized carbons (Fsp3) is 0.263. The molecule has 0 aliphatic carbocycles. The Bertz CT molecular complexity index is 675. The molecule has 2 atom stereocenters. The van der Waals surface area contributed by atoms with Crippen LogP contribution in [0.1, 0.15) is 17.5 Å². The summed E-state index contributed by atoms with van der Waals surface area (Å²) < 4.78 is 10.5. The minimum atomic E-state index is -1.18. The summed E-state index contributed by atoms with van der Waals surface area (Å²) in [7, 11) is 0. The Morgan fingerprint density at radius 3 is 1.96 bits per heavy atom. The van der Waals surface area contributed by atoms with E-state index >= 15 is 0 Å². The molecule has 0 aromatic heterocycles. The van der Waals surface area contributed by atoms with Gasteiger partial charge in [-0.3, -0.25) is 4.79 Å². The minimum absolute atomic E-state index is 0.0932. The molecular weight excluding hydrogens is 322 g/mol. The van der Waals surface area contributed by atoms with Crippen LogP contribution in [0.15, 0.2) is 60.7 Å². The quantitative estimate of drug-likeness (QED) is 0.677. The average molecular weight is 343 g/mol. The third-order valence-electron chi connectivity index (χ3n) is 3.56. The number of benzene rings is 2. The van der Waals surface area contributed by atoms with Gasteiger partial charge in [-0.05, 0) is 11.1 Å². The highest BCUT2D eigenvalue weighted by molar-refractivity contribution is 5.78. The van der Waals surface area contributed by atoms with Crippen LogP contribution >= 0.6 is 0 Å². The molecule has 25 heavy (non-hydrogen) atoms. The molecule has 0 aliphatic heterocycles. The second-order valence-corrected chi connectivity index (χ2v) is 5.56. The first-order valence-electron chi connectivity index (χ1n) is 7.90. The molecule has 132 valence electrons. The molecule has 6 nitrogen and oxygen atoms in total. The normalized spacial score (nSPS) is 13.0. The lowest BCUT2D eigenvalue weighted by Crippen LogP contribution is -2.39. The number of carbonyl (C=O) groups is 2. The number of ether oxygens (including phenoxy) is 2. The molecule has 0 amide bonds. The van der Waals surface area contributed by atoms with Crippen molar-refractivity contribution in [3.05, 3.63) is 71.8 Å². The zero-order valence-corrected chi connectivity index (χ0v) is 13.7. The molecule has 2 unspecified atom stereocenters. The summed E-state index contributed by atoms with van der Waals surface area (Å²) in [5.41, 5.74) is 7.44. The van der Waals surface area contributed by atoms with Crippen molar-refractivity contribution in [2.75, 3.05) is 0 Å². The molecule has 2 rings (SSSR count). The number of hydrogen-bond donors (Lipinski definition) is 2. The van der Waals surface area contributed by atoms with Crippen molar-refractivity contribution in [3.8, 4) is 0 Å². The molecule has 0 saturated carbocycles. The van der Waals surface area contributed by atoms with Crippen molar-refractivity contribution in [2.24, 2.45) is 5.73 Å². The number of carbonyl (C=O) groups excluding carboxylic acids is 1. The number of aliphatic carboxylic acids is 1. The maximum absolute atomic E-state index is 12.0. The summed E-state index contributed by atoms with van der Waals surface area (Å²) >= 11 is 0. The molecule has 0 radical (unpaired) electrons. The maximum atomic E-state index is 12.0. The van der Waals surface area contributed by atoms with Gasteiger partial charge >= 0.3 is 11.9 Å². The van der Waals surface area contributed by atoms with Crippen LogP contribution in [0.5, 0.6) is 0 Å². The van der Waals surface area contributed by atoms with Crippen molar-refractivity contribution in [3.63, 3.8) is 0 Å². The molecule has 0 fully saturated rings. The lowest BCUT2D eigenvalue weighted by Gasteiger charge is -2.17. The molecular formula is C19H21NO5. The SMILES string of the molecule is NC(CC(OCc1ccccc1)C(=O)O)C(=O)OCc1ccccc1. The summed E-state index contributed by atoms with van der Waals surface area (Å²) in [6.07, 6.45) is -1.34. The van der Waals surface area contributed by atoms with Gasteiger partial charge in [0.2, 0.25) is 0 Å². The zero-order valence-electron chi connectivity index (χ0n) is 13.7. The van der Waals surface area contributed by atoms with Gasteiger partial charge in [0.05, 0.1) is 6.61 Å². The van der Waals surface area contributed by atoms with E-state index in [0.717, 1.165) is 11.1 Å². The van der Waals surface area contributed by atoms with E-state index < -0.39 is 24.1 Å². The molecule has 2 aromatic carbocycles. The lowest BCUT2D eigenvalue weighted by atomic mass is 10.1. The van der Waals surface area contributed by atoms with E-state index in [1.807, 2.05) is 60.7 Å². The Kier molecular flexibility index (Phi) is 7.13. The molecule has 0 spiro atoms. The van der Waals surface area contributed by atoms with E-state index in [4.69, 9.17) is 15.2 Å². The van der Waals surface area contributed by atoms with E-state index in [9.17, 15) is 14.7 Å². The van der Waals surface area contributed by atoms with E-state index in [2.05, 4.69) is 0 Å². The zero-order chi connectivity index (χ0) is 18.1. The number of esters is 1. The smallest absolute Gasteiger partial charge is 0.332 e. The first kappa shape index (κ1) is 18.6. The Labute approximate surface area is 146 Å². The molecule has 0 aliphatic rings. The Balaban J connectivity index is 1.83. The Morgan fingerprint density at radius 1 is 0.920 bits per heavy atom. The third-order valence-corrected chi connectivity index (χ3v) is 3.56. The molecule has 0 bridgehead atoms. The average Bonchev–Trinajstić information content (AvgIpc) is 2.64. The van der Waals surface area contributed by atoms with Crippen LogP contribution in [0.3, 0.4) is 0 Å². The first-order valence-corrected chi connectivity index (χ1v) is 7.90. The topological polar surface area (TPSA) is 98.9 Å². The molecule has 0 saturated heterocycles. The summed E-state index contributed by atoms with van der Waals surface area (Å²) in [4.78, 5) is 23.3. The van der Waals surface area contributed by atoms with Crippen molar-refractivity contribution in [1.82, 2.24) is 0 Å². The van der Waals surface area contributed by atoms with Gasteiger partial charge in [0.25, 0.3) is 0 Å². The second-order valence-electron chi connectivity index (χ2n) is 5.56. The van der Waals surface area contributed by atoms with Crippen LogP contribution in [0.4, 0.5) is 0 Å².